The third kappa shape index (κ3) is 1.76. The van der Waals surface area contributed by atoms with E-state index in [2.05, 4.69) is 5.32 Å². The molecule has 0 radical (unpaired) electrons. The van der Waals surface area contributed by atoms with E-state index in [0.717, 1.165) is 43.8 Å². The molecule has 0 aliphatic carbocycles. The third-order valence-electron chi connectivity index (χ3n) is 4.06. The summed E-state index contributed by atoms with van der Waals surface area (Å²) in [4.78, 5) is 14.5. The summed E-state index contributed by atoms with van der Waals surface area (Å²) in [7, 11) is 0. The summed E-state index contributed by atoms with van der Waals surface area (Å²) in [5.41, 5.74) is 0.726. The highest BCUT2D eigenvalue weighted by molar-refractivity contribution is 5.95. The highest BCUT2D eigenvalue weighted by Crippen LogP contribution is 2.30. The van der Waals surface area contributed by atoms with Crippen molar-refractivity contribution >= 4 is 5.91 Å². The fraction of sp³-hybridized carbons (Fsp3) is 0.615. The van der Waals surface area contributed by atoms with Gasteiger partial charge < -0.3 is 14.6 Å². The van der Waals surface area contributed by atoms with Crippen LogP contribution in [0, 0.1) is 12.8 Å². The molecule has 2 unspecified atom stereocenters. The molecule has 1 amide bonds. The van der Waals surface area contributed by atoms with Crippen LogP contribution in [0.4, 0.5) is 0 Å². The molecule has 2 atom stereocenters. The van der Waals surface area contributed by atoms with Crippen molar-refractivity contribution in [3.63, 3.8) is 0 Å². The lowest BCUT2D eigenvalue weighted by molar-refractivity contribution is 0.0696. The van der Waals surface area contributed by atoms with E-state index in [9.17, 15) is 4.79 Å². The Hall–Kier alpha value is -1.29. The number of carbonyl (C=O) groups excluding carboxylic acids is 1. The lowest BCUT2D eigenvalue weighted by atomic mass is 9.94. The van der Waals surface area contributed by atoms with Crippen molar-refractivity contribution < 1.29 is 9.21 Å². The quantitative estimate of drug-likeness (QED) is 0.799. The Bertz CT molecular complexity index is 427. The molecule has 4 nitrogen and oxygen atoms in total. The van der Waals surface area contributed by atoms with E-state index >= 15 is 0 Å². The third-order valence-corrected chi connectivity index (χ3v) is 4.06. The topological polar surface area (TPSA) is 45.5 Å². The number of aryl methyl sites for hydroxylation is 1. The first kappa shape index (κ1) is 10.8. The summed E-state index contributed by atoms with van der Waals surface area (Å²) >= 11 is 0. The average molecular weight is 234 g/mol. The Morgan fingerprint density at radius 1 is 1.53 bits per heavy atom. The number of rotatable bonds is 1. The molecule has 92 valence electrons. The number of amides is 1. The zero-order valence-electron chi connectivity index (χ0n) is 10.1. The Kier molecular flexibility index (Phi) is 2.67. The van der Waals surface area contributed by atoms with Gasteiger partial charge in [0.15, 0.2) is 0 Å². The molecule has 2 saturated heterocycles. The molecule has 0 bridgehead atoms. The molecule has 2 aliphatic heterocycles. The van der Waals surface area contributed by atoms with Crippen molar-refractivity contribution in [2.24, 2.45) is 5.92 Å². The van der Waals surface area contributed by atoms with Crippen molar-refractivity contribution in [3.8, 4) is 0 Å². The van der Waals surface area contributed by atoms with Gasteiger partial charge in [-0.3, -0.25) is 4.79 Å². The average Bonchev–Trinajstić information content (AvgIpc) is 2.94. The molecule has 0 aromatic carbocycles. The first-order chi connectivity index (χ1) is 8.27. The number of hydrogen-bond acceptors (Lipinski definition) is 3. The van der Waals surface area contributed by atoms with Crippen molar-refractivity contribution in [3.05, 3.63) is 23.7 Å². The number of piperidine rings is 1. The predicted octanol–water partition coefficient (Wildman–Crippen LogP) is 1.41. The van der Waals surface area contributed by atoms with E-state index in [1.165, 1.54) is 0 Å². The zero-order chi connectivity index (χ0) is 11.8. The second-order valence-corrected chi connectivity index (χ2v) is 5.00. The van der Waals surface area contributed by atoms with Crippen LogP contribution in [0.15, 0.2) is 16.7 Å². The lowest BCUT2D eigenvalue weighted by Gasteiger charge is -2.32. The number of nitrogens with one attached hydrogen (secondary N) is 1. The Labute approximate surface area is 101 Å². The molecule has 1 aromatic heterocycles. The maximum Gasteiger partial charge on any atom is 0.257 e. The number of hydrogen-bond donors (Lipinski definition) is 1. The van der Waals surface area contributed by atoms with Crippen molar-refractivity contribution in [2.75, 3.05) is 19.6 Å². The van der Waals surface area contributed by atoms with Gasteiger partial charge in [0.05, 0.1) is 11.8 Å². The first-order valence-electron chi connectivity index (χ1n) is 6.33. The fourth-order valence-electron chi connectivity index (χ4n) is 3.10. The van der Waals surface area contributed by atoms with Gasteiger partial charge in [-0.2, -0.15) is 0 Å². The minimum Gasteiger partial charge on any atom is -0.469 e. The number of fused-ring (bicyclic) bond motifs is 1. The van der Waals surface area contributed by atoms with Crippen LogP contribution in [-0.4, -0.2) is 36.5 Å². The SMILES string of the molecule is Cc1occc1C(=O)N1CCC2CNCCC21. The molecule has 2 aliphatic rings. The van der Waals surface area contributed by atoms with Crippen LogP contribution in [0.2, 0.25) is 0 Å². The predicted molar refractivity (Wildman–Crippen MR) is 63.9 cm³/mol. The van der Waals surface area contributed by atoms with Gasteiger partial charge in [0.1, 0.15) is 5.76 Å². The number of carbonyl (C=O) groups is 1. The van der Waals surface area contributed by atoms with E-state index < -0.39 is 0 Å². The van der Waals surface area contributed by atoms with Crippen LogP contribution in [-0.2, 0) is 0 Å². The second-order valence-electron chi connectivity index (χ2n) is 5.00. The summed E-state index contributed by atoms with van der Waals surface area (Å²) in [5, 5.41) is 3.41. The first-order valence-corrected chi connectivity index (χ1v) is 6.33. The molecule has 3 heterocycles. The summed E-state index contributed by atoms with van der Waals surface area (Å²) < 4.78 is 5.22. The molecule has 1 N–H and O–H groups in total. The molecule has 0 spiro atoms. The molecule has 4 heteroatoms. The van der Waals surface area contributed by atoms with Crippen LogP contribution in [0.3, 0.4) is 0 Å². The maximum absolute atomic E-state index is 12.4. The van der Waals surface area contributed by atoms with Gasteiger partial charge in [0, 0.05) is 12.6 Å². The van der Waals surface area contributed by atoms with Crippen LogP contribution in [0.1, 0.15) is 29.0 Å². The number of likely N-dealkylation sites (tertiary alicyclic amines) is 1. The van der Waals surface area contributed by atoms with Gasteiger partial charge in [-0.25, -0.2) is 0 Å². The molecular weight excluding hydrogens is 216 g/mol. The molecule has 1 aromatic rings. The fourth-order valence-corrected chi connectivity index (χ4v) is 3.10. The molecule has 3 rings (SSSR count). The van der Waals surface area contributed by atoms with Gasteiger partial charge in [-0.15, -0.1) is 0 Å². The van der Waals surface area contributed by atoms with Crippen LogP contribution in [0.25, 0.3) is 0 Å². The molecule has 2 fully saturated rings. The maximum atomic E-state index is 12.4. The van der Waals surface area contributed by atoms with E-state index in [1.807, 2.05) is 11.8 Å². The normalized spacial score (nSPS) is 28.2. The summed E-state index contributed by atoms with van der Waals surface area (Å²) in [6.07, 6.45) is 3.80. The highest BCUT2D eigenvalue weighted by atomic mass is 16.3. The Morgan fingerprint density at radius 2 is 2.41 bits per heavy atom. The summed E-state index contributed by atoms with van der Waals surface area (Å²) in [5.74, 6) is 1.51. The van der Waals surface area contributed by atoms with Crippen LogP contribution < -0.4 is 5.32 Å². The van der Waals surface area contributed by atoms with Crippen LogP contribution >= 0.6 is 0 Å². The second kappa shape index (κ2) is 4.18. The summed E-state index contributed by atoms with van der Waals surface area (Å²) in [6, 6.07) is 2.21. The van der Waals surface area contributed by atoms with Gasteiger partial charge in [0.2, 0.25) is 0 Å². The molecule has 0 saturated carbocycles. The van der Waals surface area contributed by atoms with Crippen molar-refractivity contribution in [2.45, 2.75) is 25.8 Å². The van der Waals surface area contributed by atoms with Gasteiger partial charge in [-0.1, -0.05) is 0 Å². The number of nitrogens with zero attached hydrogens (tertiary/aromatic N) is 1. The van der Waals surface area contributed by atoms with Gasteiger partial charge in [0.25, 0.3) is 5.91 Å². The van der Waals surface area contributed by atoms with E-state index in [0.29, 0.717) is 12.0 Å². The van der Waals surface area contributed by atoms with E-state index in [1.54, 1.807) is 12.3 Å². The smallest absolute Gasteiger partial charge is 0.257 e. The molecular formula is C13H18N2O2. The van der Waals surface area contributed by atoms with Gasteiger partial charge in [-0.05, 0) is 44.8 Å². The standard InChI is InChI=1S/C13H18N2O2/c1-9-11(4-7-17-9)13(16)15-6-3-10-8-14-5-2-12(10)15/h4,7,10,12,14H,2-3,5-6,8H2,1H3. The van der Waals surface area contributed by atoms with Crippen molar-refractivity contribution in [1.29, 1.82) is 0 Å². The number of furan rings is 1. The van der Waals surface area contributed by atoms with Gasteiger partial charge >= 0.3 is 0 Å². The Morgan fingerprint density at radius 3 is 3.18 bits per heavy atom. The van der Waals surface area contributed by atoms with E-state index in [4.69, 9.17) is 4.42 Å². The monoisotopic (exact) mass is 234 g/mol. The Balaban J connectivity index is 1.81. The minimum atomic E-state index is 0.144. The molecule has 17 heavy (non-hydrogen) atoms. The summed E-state index contributed by atoms with van der Waals surface area (Å²) in [6.45, 7) is 4.82. The lowest BCUT2D eigenvalue weighted by Crippen LogP contribution is -2.45. The largest absolute Gasteiger partial charge is 0.469 e. The van der Waals surface area contributed by atoms with Crippen LogP contribution in [0.5, 0.6) is 0 Å². The van der Waals surface area contributed by atoms with Crippen molar-refractivity contribution in [1.82, 2.24) is 10.2 Å². The highest BCUT2D eigenvalue weighted by Gasteiger charge is 2.38. The minimum absolute atomic E-state index is 0.144. The van der Waals surface area contributed by atoms with E-state index in [-0.39, 0.29) is 5.91 Å². The zero-order valence-corrected chi connectivity index (χ0v) is 10.1.